The first-order chi connectivity index (χ1) is 17.1. The van der Waals surface area contributed by atoms with Crippen molar-refractivity contribution in [2.75, 3.05) is 0 Å². The van der Waals surface area contributed by atoms with Crippen LogP contribution < -0.4 is 0 Å². The van der Waals surface area contributed by atoms with Crippen molar-refractivity contribution < 1.29 is 4.11 Å². The summed E-state index contributed by atoms with van der Waals surface area (Å²) in [5, 5.41) is 11.0. The summed E-state index contributed by atoms with van der Waals surface area (Å²) in [6, 6.07) is 32.5. The van der Waals surface area contributed by atoms with E-state index < -0.39 is 6.85 Å². The lowest BCUT2D eigenvalue weighted by atomic mass is 9.82. The van der Waals surface area contributed by atoms with Crippen LogP contribution in [0.1, 0.15) is 36.1 Å². The molecule has 0 N–H and O–H groups in total. The number of aromatic nitrogens is 2. The molecule has 2 nitrogen and oxygen atoms in total. The second-order valence-electron chi connectivity index (χ2n) is 9.43. The van der Waals surface area contributed by atoms with Gasteiger partial charge in [-0.1, -0.05) is 99.6 Å². The van der Waals surface area contributed by atoms with E-state index in [4.69, 9.17) is 4.11 Å². The molecule has 2 heteroatoms. The normalized spacial score (nSPS) is 13.4. The van der Waals surface area contributed by atoms with Gasteiger partial charge in [-0.05, 0) is 63.5 Å². The zero-order valence-corrected chi connectivity index (χ0v) is 19.1. The van der Waals surface area contributed by atoms with Gasteiger partial charge < -0.3 is 0 Å². The summed E-state index contributed by atoms with van der Waals surface area (Å²) in [5.41, 5.74) is 6.28. The molecule has 5 rings (SSSR count). The lowest BCUT2D eigenvalue weighted by molar-refractivity contribution is 0.596. The largest absolute Gasteiger partial charge is 0.155 e. The van der Waals surface area contributed by atoms with E-state index in [1.54, 1.807) is 0 Å². The molecule has 0 aliphatic heterocycles. The van der Waals surface area contributed by atoms with Gasteiger partial charge in [0.2, 0.25) is 0 Å². The average Bonchev–Trinajstić information content (AvgIpc) is 2.87. The van der Waals surface area contributed by atoms with Crippen molar-refractivity contribution in [3.8, 4) is 33.5 Å². The summed E-state index contributed by atoms with van der Waals surface area (Å²) < 4.78 is 24.2. The van der Waals surface area contributed by atoms with Gasteiger partial charge in [0.15, 0.2) is 0 Å². The van der Waals surface area contributed by atoms with Crippen molar-refractivity contribution in [2.24, 2.45) is 0 Å². The first-order valence-corrected chi connectivity index (χ1v) is 11.2. The zero-order chi connectivity index (χ0) is 25.5. The summed E-state index contributed by atoms with van der Waals surface area (Å²) in [5.74, 6) is 0. The first kappa shape index (κ1) is 17.7. The molecule has 0 aliphatic carbocycles. The molecule has 0 unspecified atom stereocenters. The minimum Gasteiger partial charge on any atom is -0.155 e. The van der Waals surface area contributed by atoms with Crippen LogP contribution in [0.15, 0.2) is 97.1 Å². The Labute approximate surface area is 200 Å². The number of nitrogens with zero attached hydrogens (tertiary/aromatic N) is 2. The maximum atomic E-state index is 8.07. The fourth-order valence-corrected chi connectivity index (χ4v) is 4.30. The molecule has 4 aromatic carbocycles. The predicted molar refractivity (Wildman–Crippen MR) is 139 cm³/mol. The van der Waals surface area contributed by atoms with Crippen LogP contribution >= 0.6 is 0 Å². The molecule has 0 spiro atoms. The van der Waals surface area contributed by atoms with Crippen LogP contribution in [-0.2, 0) is 5.41 Å². The van der Waals surface area contributed by atoms with Gasteiger partial charge in [-0.25, -0.2) is 0 Å². The Balaban J connectivity index is 1.66. The van der Waals surface area contributed by atoms with Gasteiger partial charge >= 0.3 is 0 Å². The van der Waals surface area contributed by atoms with Gasteiger partial charge in [0.1, 0.15) is 0 Å². The molecule has 0 radical (unpaired) electrons. The van der Waals surface area contributed by atoms with Crippen molar-refractivity contribution in [2.45, 2.75) is 33.0 Å². The highest BCUT2D eigenvalue weighted by molar-refractivity contribution is 5.91. The Morgan fingerprint density at radius 1 is 0.636 bits per heavy atom. The minimum absolute atomic E-state index is 0.00976. The van der Waals surface area contributed by atoms with Gasteiger partial charge in [-0.2, -0.15) is 10.2 Å². The fraction of sp³-hybridized carbons (Fsp3) is 0.161. The lowest BCUT2D eigenvalue weighted by Crippen LogP contribution is -2.12. The van der Waals surface area contributed by atoms with Gasteiger partial charge in [-0.15, -0.1) is 0 Å². The van der Waals surface area contributed by atoms with E-state index >= 15 is 0 Å². The molecule has 1 aromatic heterocycles. The van der Waals surface area contributed by atoms with Crippen molar-refractivity contribution >= 4 is 10.8 Å². The number of fused-ring (bicyclic) bond motifs is 1. The molecule has 0 saturated carbocycles. The van der Waals surface area contributed by atoms with Crippen LogP contribution in [0, 0.1) is 6.85 Å². The Morgan fingerprint density at radius 2 is 1.30 bits per heavy atom. The van der Waals surface area contributed by atoms with Crippen LogP contribution in [0.3, 0.4) is 0 Å². The molecule has 162 valence electrons. The van der Waals surface area contributed by atoms with Crippen LogP contribution in [0.4, 0.5) is 0 Å². The summed E-state index contributed by atoms with van der Waals surface area (Å²) in [6.45, 7) is 4.21. The monoisotopic (exact) mass is 431 g/mol. The van der Waals surface area contributed by atoms with Crippen LogP contribution in [-0.4, -0.2) is 10.2 Å². The molecule has 33 heavy (non-hydrogen) atoms. The Morgan fingerprint density at radius 3 is 2.03 bits per heavy atom. The van der Waals surface area contributed by atoms with Crippen molar-refractivity contribution in [3.05, 3.63) is 108 Å². The van der Waals surface area contributed by atoms with E-state index in [9.17, 15) is 0 Å². The SMILES string of the molecule is [2H]C([2H])([2H])c1nnc(-c2cc(C(C)(C)C)c3ccccc3c2)cc1-c1ccc(-c2ccccc2)cc1. The van der Waals surface area contributed by atoms with Gasteiger partial charge in [-0.3, -0.25) is 0 Å². The van der Waals surface area contributed by atoms with Crippen molar-refractivity contribution in [3.63, 3.8) is 0 Å². The standard InChI is InChI=1S/C31H28N2/c1-21-28(24-16-14-23(15-17-24)22-10-6-5-7-11-22)20-30(33-32-21)26-18-25-12-8-9-13-27(25)29(19-26)31(2,3)4/h5-20H,1-4H3/i1D3. The van der Waals surface area contributed by atoms with E-state index in [0.717, 1.165) is 27.6 Å². The zero-order valence-electron chi connectivity index (χ0n) is 22.1. The van der Waals surface area contributed by atoms with Crippen LogP contribution in [0.25, 0.3) is 44.3 Å². The van der Waals surface area contributed by atoms with Crippen molar-refractivity contribution in [1.82, 2.24) is 10.2 Å². The second kappa shape index (κ2) is 8.29. The number of hydrogen-bond donors (Lipinski definition) is 0. The molecular formula is C31H28N2. The van der Waals surface area contributed by atoms with Gasteiger partial charge in [0.25, 0.3) is 0 Å². The van der Waals surface area contributed by atoms with E-state index in [-0.39, 0.29) is 11.1 Å². The summed E-state index contributed by atoms with van der Waals surface area (Å²) in [6.07, 6.45) is 0. The second-order valence-corrected chi connectivity index (χ2v) is 9.43. The predicted octanol–water partition coefficient (Wildman–Crippen LogP) is 8.24. The molecule has 5 aromatic rings. The lowest BCUT2D eigenvalue weighted by Gasteiger charge is -2.22. The Kier molecular flexibility index (Phi) is 4.46. The molecule has 0 fully saturated rings. The van der Waals surface area contributed by atoms with Gasteiger partial charge in [0, 0.05) is 15.2 Å². The minimum atomic E-state index is -2.38. The molecule has 0 amide bonds. The first-order valence-electron chi connectivity index (χ1n) is 12.7. The molecule has 0 aliphatic rings. The molecular weight excluding hydrogens is 400 g/mol. The van der Waals surface area contributed by atoms with Crippen LogP contribution in [0.5, 0.6) is 0 Å². The Bertz CT molecular complexity index is 1530. The van der Waals surface area contributed by atoms with E-state index in [2.05, 4.69) is 73.4 Å². The summed E-state index contributed by atoms with van der Waals surface area (Å²) in [7, 11) is 0. The maximum Gasteiger partial charge on any atom is 0.0936 e. The highest BCUT2D eigenvalue weighted by Crippen LogP contribution is 2.35. The molecule has 0 saturated heterocycles. The number of hydrogen-bond acceptors (Lipinski definition) is 2. The molecule has 0 atom stereocenters. The Hall–Kier alpha value is -3.78. The maximum absolute atomic E-state index is 8.07. The third kappa shape index (κ3) is 4.17. The quantitative estimate of drug-likeness (QED) is 0.287. The smallest absolute Gasteiger partial charge is 0.0936 e. The third-order valence-corrected chi connectivity index (χ3v) is 6.06. The fourth-order valence-electron chi connectivity index (χ4n) is 4.30. The average molecular weight is 432 g/mol. The topological polar surface area (TPSA) is 25.8 Å². The number of rotatable bonds is 3. The van der Waals surface area contributed by atoms with Crippen molar-refractivity contribution in [1.29, 1.82) is 0 Å². The highest BCUT2D eigenvalue weighted by atomic mass is 15.1. The van der Waals surface area contributed by atoms with Crippen LogP contribution in [0.2, 0.25) is 0 Å². The van der Waals surface area contributed by atoms with E-state index in [1.165, 1.54) is 10.9 Å². The van der Waals surface area contributed by atoms with E-state index in [0.29, 0.717) is 11.3 Å². The number of aryl methyl sites for hydroxylation is 1. The number of benzene rings is 4. The highest BCUT2D eigenvalue weighted by Gasteiger charge is 2.19. The molecule has 1 heterocycles. The van der Waals surface area contributed by atoms with Gasteiger partial charge in [0.05, 0.1) is 11.4 Å². The third-order valence-electron chi connectivity index (χ3n) is 6.06. The summed E-state index contributed by atoms with van der Waals surface area (Å²) >= 11 is 0. The van der Waals surface area contributed by atoms with E-state index in [1.807, 2.05) is 54.6 Å². The molecule has 0 bridgehead atoms. The summed E-state index contributed by atoms with van der Waals surface area (Å²) in [4.78, 5) is 0.